The highest BCUT2D eigenvalue weighted by Gasteiger charge is 2.17. The first-order valence-electron chi connectivity index (χ1n) is 8.78. The number of nitrogens with zero attached hydrogens (tertiary/aromatic N) is 4. The van der Waals surface area contributed by atoms with Gasteiger partial charge in [-0.25, -0.2) is 9.97 Å². The van der Waals surface area contributed by atoms with Gasteiger partial charge >= 0.3 is 0 Å². The molecule has 0 aromatic carbocycles. The zero-order valence-electron chi connectivity index (χ0n) is 15.4. The third kappa shape index (κ3) is 3.52. The lowest BCUT2D eigenvalue weighted by Crippen LogP contribution is -2.28. The first-order valence-corrected chi connectivity index (χ1v) is 8.78. The zero-order chi connectivity index (χ0) is 19.7. The van der Waals surface area contributed by atoms with Gasteiger partial charge < -0.3 is 14.7 Å². The topological polar surface area (TPSA) is 105 Å². The number of hydrogen-bond donors (Lipinski definition) is 2. The largest absolute Gasteiger partial charge is 0.343 e. The zero-order valence-corrected chi connectivity index (χ0v) is 15.4. The fraction of sp³-hybridized carbons (Fsp3) is 0.150. The third-order valence-electron chi connectivity index (χ3n) is 4.31. The van der Waals surface area contributed by atoms with Gasteiger partial charge in [0, 0.05) is 24.7 Å². The first-order chi connectivity index (χ1) is 13.5. The van der Waals surface area contributed by atoms with Crippen molar-refractivity contribution in [3.63, 3.8) is 0 Å². The Morgan fingerprint density at radius 3 is 2.86 bits per heavy atom. The summed E-state index contributed by atoms with van der Waals surface area (Å²) in [5, 5.41) is 2.84. The smallest absolute Gasteiger partial charge is 0.272 e. The van der Waals surface area contributed by atoms with E-state index in [1.54, 1.807) is 35.9 Å². The quantitative estimate of drug-likeness (QED) is 0.570. The Morgan fingerprint density at radius 1 is 1.21 bits per heavy atom. The fourth-order valence-electron chi connectivity index (χ4n) is 2.86. The normalized spacial score (nSPS) is 12.1. The van der Waals surface area contributed by atoms with Crippen molar-refractivity contribution < 1.29 is 4.79 Å². The van der Waals surface area contributed by atoms with E-state index >= 15 is 0 Å². The van der Waals surface area contributed by atoms with Gasteiger partial charge in [-0.3, -0.25) is 14.6 Å². The lowest BCUT2D eigenvalue weighted by atomic mass is 10.2. The molecule has 2 N–H and O–H groups in total. The molecule has 4 aromatic heterocycles. The molecule has 1 atom stereocenters. The van der Waals surface area contributed by atoms with Crippen LogP contribution in [0.15, 0.2) is 59.8 Å². The molecule has 0 aliphatic heterocycles. The Balaban J connectivity index is 1.59. The molecule has 1 amide bonds. The lowest BCUT2D eigenvalue weighted by molar-refractivity contribution is 0.0934. The number of imidazole rings is 1. The van der Waals surface area contributed by atoms with E-state index in [4.69, 9.17) is 0 Å². The number of rotatable bonds is 4. The molecular formula is C20H18N6O2. The Labute approximate surface area is 160 Å². The molecule has 4 heterocycles. The number of amides is 1. The summed E-state index contributed by atoms with van der Waals surface area (Å²) in [5.41, 5.74) is 2.74. The van der Waals surface area contributed by atoms with Crippen LogP contribution in [0.5, 0.6) is 0 Å². The summed E-state index contributed by atoms with van der Waals surface area (Å²) >= 11 is 0. The summed E-state index contributed by atoms with van der Waals surface area (Å²) in [6.07, 6.45) is 5.15. The van der Waals surface area contributed by atoms with Gasteiger partial charge in [-0.05, 0) is 43.7 Å². The molecule has 140 valence electrons. The minimum Gasteiger partial charge on any atom is -0.343 e. The van der Waals surface area contributed by atoms with Gasteiger partial charge in [-0.15, -0.1) is 0 Å². The van der Waals surface area contributed by atoms with Crippen LogP contribution in [0.1, 0.15) is 34.7 Å². The Morgan fingerprint density at radius 2 is 2.07 bits per heavy atom. The molecule has 0 saturated carbocycles. The molecule has 8 nitrogen and oxygen atoms in total. The summed E-state index contributed by atoms with van der Waals surface area (Å²) in [4.78, 5) is 40.3. The SMILES string of the molecule is Cc1ccn2cc(C(=O)N[C@@H](C)c3cc(=O)[nH]c(-c4ccccn4)n3)nc2c1. The van der Waals surface area contributed by atoms with E-state index in [9.17, 15) is 9.59 Å². The molecule has 4 aromatic rings. The third-order valence-corrected chi connectivity index (χ3v) is 4.31. The predicted octanol–water partition coefficient (Wildman–Crippen LogP) is 2.28. The second-order valence-electron chi connectivity index (χ2n) is 6.52. The molecule has 0 spiro atoms. The van der Waals surface area contributed by atoms with Gasteiger partial charge in [0.05, 0.1) is 11.7 Å². The average Bonchev–Trinajstić information content (AvgIpc) is 3.11. The number of H-pyrrole nitrogens is 1. The molecule has 4 rings (SSSR count). The second kappa shape index (κ2) is 7.07. The standard InChI is InChI=1S/C20H18N6O2/c1-12-6-8-26-11-16(23-17(26)9-12)20(28)22-13(2)15-10-18(27)25-19(24-15)14-5-3-4-7-21-14/h3-11,13H,1-2H3,(H,22,28)(H,24,25,27)/t13-/m0/s1. The number of carbonyl (C=O) groups excluding carboxylic acids is 1. The number of aryl methyl sites for hydroxylation is 1. The van der Waals surface area contributed by atoms with Crippen LogP contribution in [0.4, 0.5) is 0 Å². The van der Waals surface area contributed by atoms with E-state index in [2.05, 4.69) is 25.3 Å². The number of carbonyl (C=O) groups is 1. The van der Waals surface area contributed by atoms with Gasteiger partial charge in [0.15, 0.2) is 5.82 Å². The van der Waals surface area contributed by atoms with Crippen LogP contribution in [0.3, 0.4) is 0 Å². The highest BCUT2D eigenvalue weighted by Crippen LogP contribution is 2.14. The first kappa shape index (κ1) is 17.6. The average molecular weight is 374 g/mol. The number of aromatic amines is 1. The van der Waals surface area contributed by atoms with Crippen molar-refractivity contribution in [1.29, 1.82) is 0 Å². The molecule has 8 heteroatoms. The van der Waals surface area contributed by atoms with Crippen molar-refractivity contribution in [2.45, 2.75) is 19.9 Å². The van der Waals surface area contributed by atoms with Crippen LogP contribution in [-0.2, 0) is 0 Å². The highest BCUT2D eigenvalue weighted by atomic mass is 16.2. The monoisotopic (exact) mass is 374 g/mol. The summed E-state index contributed by atoms with van der Waals surface area (Å²) in [6.45, 7) is 3.73. The van der Waals surface area contributed by atoms with Crippen LogP contribution in [0.25, 0.3) is 17.2 Å². The molecular weight excluding hydrogens is 356 g/mol. The Hall–Kier alpha value is -3.81. The van der Waals surface area contributed by atoms with E-state index in [1.807, 2.05) is 31.3 Å². The van der Waals surface area contributed by atoms with Crippen molar-refractivity contribution in [2.24, 2.45) is 0 Å². The maximum Gasteiger partial charge on any atom is 0.272 e. The summed E-state index contributed by atoms with van der Waals surface area (Å²) < 4.78 is 1.79. The number of aromatic nitrogens is 5. The molecule has 0 aliphatic rings. The van der Waals surface area contributed by atoms with Gasteiger partial charge in [0.1, 0.15) is 17.0 Å². The molecule has 0 aliphatic carbocycles. The highest BCUT2D eigenvalue weighted by molar-refractivity contribution is 5.93. The maximum atomic E-state index is 12.6. The maximum absolute atomic E-state index is 12.6. The van der Waals surface area contributed by atoms with Crippen molar-refractivity contribution in [1.82, 2.24) is 29.7 Å². The molecule has 0 radical (unpaired) electrons. The number of hydrogen-bond acceptors (Lipinski definition) is 5. The lowest BCUT2D eigenvalue weighted by Gasteiger charge is -2.13. The number of fused-ring (bicyclic) bond motifs is 1. The summed E-state index contributed by atoms with van der Waals surface area (Å²) in [5.74, 6) is 0.0164. The summed E-state index contributed by atoms with van der Waals surface area (Å²) in [6, 6.07) is 10.1. The van der Waals surface area contributed by atoms with Crippen molar-refractivity contribution in [3.05, 3.63) is 82.3 Å². The minimum absolute atomic E-state index is 0.298. The van der Waals surface area contributed by atoms with Crippen molar-refractivity contribution in [3.8, 4) is 11.5 Å². The van der Waals surface area contributed by atoms with E-state index in [0.717, 1.165) is 5.56 Å². The molecule has 28 heavy (non-hydrogen) atoms. The molecule has 0 bridgehead atoms. The molecule has 0 fully saturated rings. The van der Waals surface area contributed by atoms with Crippen LogP contribution in [-0.4, -0.2) is 30.2 Å². The Bertz CT molecular complexity index is 1210. The summed E-state index contributed by atoms with van der Waals surface area (Å²) in [7, 11) is 0. The van der Waals surface area contributed by atoms with E-state index in [-0.39, 0.29) is 11.5 Å². The van der Waals surface area contributed by atoms with Gasteiger partial charge in [-0.1, -0.05) is 6.07 Å². The van der Waals surface area contributed by atoms with Gasteiger partial charge in [0.2, 0.25) is 0 Å². The van der Waals surface area contributed by atoms with Gasteiger partial charge in [0.25, 0.3) is 11.5 Å². The molecule has 0 unspecified atom stereocenters. The Kier molecular flexibility index (Phi) is 4.44. The van der Waals surface area contributed by atoms with E-state index < -0.39 is 6.04 Å². The molecule has 0 saturated heterocycles. The van der Waals surface area contributed by atoms with Crippen molar-refractivity contribution >= 4 is 11.6 Å². The van der Waals surface area contributed by atoms with Crippen LogP contribution >= 0.6 is 0 Å². The number of pyridine rings is 2. The minimum atomic E-state index is -0.483. The number of nitrogens with one attached hydrogen (secondary N) is 2. The van der Waals surface area contributed by atoms with E-state index in [0.29, 0.717) is 28.6 Å². The van der Waals surface area contributed by atoms with Gasteiger partial charge in [-0.2, -0.15) is 0 Å². The van der Waals surface area contributed by atoms with E-state index in [1.165, 1.54) is 6.07 Å². The van der Waals surface area contributed by atoms with Crippen LogP contribution < -0.4 is 10.9 Å². The second-order valence-corrected chi connectivity index (χ2v) is 6.52. The van der Waals surface area contributed by atoms with Crippen molar-refractivity contribution in [2.75, 3.05) is 0 Å². The van der Waals surface area contributed by atoms with Crippen LogP contribution in [0, 0.1) is 6.92 Å². The predicted molar refractivity (Wildman–Crippen MR) is 104 cm³/mol. The fourth-order valence-corrected chi connectivity index (χ4v) is 2.86. The van der Waals surface area contributed by atoms with Crippen LogP contribution in [0.2, 0.25) is 0 Å².